The summed E-state index contributed by atoms with van der Waals surface area (Å²) in [4.78, 5) is 17.0. The van der Waals surface area contributed by atoms with Crippen LogP contribution in [0.1, 0.15) is 59.3 Å². The average molecular weight is 295 g/mol. The highest BCUT2D eigenvalue weighted by atomic mass is 16.2. The van der Waals surface area contributed by atoms with Gasteiger partial charge >= 0.3 is 6.03 Å². The number of amides is 2. The number of nitrogens with zero attached hydrogens (tertiary/aromatic N) is 2. The zero-order chi connectivity index (χ0) is 15.2. The normalized spacial score (nSPS) is 27.9. The van der Waals surface area contributed by atoms with E-state index in [2.05, 4.69) is 35.9 Å². The molecule has 2 saturated heterocycles. The molecule has 0 aliphatic carbocycles. The fourth-order valence-corrected chi connectivity index (χ4v) is 3.76. The third-order valence-corrected chi connectivity index (χ3v) is 5.18. The number of carbonyl (C=O) groups is 1. The maximum atomic E-state index is 12.4. The second kappa shape index (κ2) is 8.02. The minimum atomic E-state index is 0.170. The number of rotatable bonds is 4. The van der Waals surface area contributed by atoms with Crippen LogP contribution in [0.4, 0.5) is 4.79 Å². The highest BCUT2D eigenvalue weighted by Gasteiger charge is 2.27. The van der Waals surface area contributed by atoms with Crippen LogP contribution in [0.15, 0.2) is 0 Å². The Labute approximate surface area is 130 Å². The Morgan fingerprint density at radius 1 is 1.19 bits per heavy atom. The number of likely N-dealkylation sites (tertiary alicyclic amines) is 2. The van der Waals surface area contributed by atoms with Crippen LogP contribution in [0.3, 0.4) is 0 Å². The highest BCUT2D eigenvalue weighted by Crippen LogP contribution is 2.20. The molecule has 122 valence electrons. The molecule has 0 bridgehead atoms. The predicted octanol–water partition coefficient (Wildman–Crippen LogP) is 3.08. The van der Waals surface area contributed by atoms with Crippen LogP contribution in [0.5, 0.6) is 0 Å². The second-order valence-corrected chi connectivity index (χ2v) is 7.03. The molecule has 2 aliphatic rings. The summed E-state index contributed by atoms with van der Waals surface area (Å²) < 4.78 is 0. The fraction of sp³-hybridized carbons (Fsp3) is 0.941. The summed E-state index contributed by atoms with van der Waals surface area (Å²) in [5.41, 5.74) is 0. The molecule has 2 fully saturated rings. The van der Waals surface area contributed by atoms with E-state index in [0.717, 1.165) is 32.5 Å². The summed E-state index contributed by atoms with van der Waals surface area (Å²) in [7, 11) is 0. The van der Waals surface area contributed by atoms with Gasteiger partial charge in [0.15, 0.2) is 0 Å². The largest absolute Gasteiger partial charge is 0.338 e. The highest BCUT2D eigenvalue weighted by molar-refractivity contribution is 5.74. The topological polar surface area (TPSA) is 35.6 Å². The smallest absolute Gasteiger partial charge is 0.317 e. The molecule has 0 saturated carbocycles. The van der Waals surface area contributed by atoms with Crippen LogP contribution in [-0.2, 0) is 0 Å². The maximum absolute atomic E-state index is 12.4. The van der Waals surface area contributed by atoms with Crippen LogP contribution in [0.2, 0.25) is 0 Å². The number of carbonyl (C=O) groups excluding carboxylic acids is 1. The number of hydrogen-bond donors (Lipinski definition) is 1. The molecule has 4 nitrogen and oxygen atoms in total. The molecule has 1 N–H and O–H groups in total. The molecule has 0 aromatic rings. The Kier molecular flexibility index (Phi) is 6.34. The predicted molar refractivity (Wildman–Crippen MR) is 87.5 cm³/mol. The number of piperidine rings is 2. The molecular formula is C17H33N3O. The first-order chi connectivity index (χ1) is 10.1. The summed E-state index contributed by atoms with van der Waals surface area (Å²) in [5, 5.41) is 3.21. The van der Waals surface area contributed by atoms with E-state index < -0.39 is 0 Å². The van der Waals surface area contributed by atoms with Crippen molar-refractivity contribution in [2.75, 3.05) is 26.2 Å². The molecule has 0 aromatic carbocycles. The van der Waals surface area contributed by atoms with Crippen molar-refractivity contribution in [1.82, 2.24) is 15.1 Å². The molecular weight excluding hydrogens is 262 g/mol. The van der Waals surface area contributed by atoms with Gasteiger partial charge in [-0.05, 0) is 64.8 Å². The average Bonchev–Trinajstić information content (AvgIpc) is 2.52. The van der Waals surface area contributed by atoms with Gasteiger partial charge in [0.2, 0.25) is 0 Å². The zero-order valence-electron chi connectivity index (χ0n) is 14.1. The van der Waals surface area contributed by atoms with Crippen LogP contribution in [0.25, 0.3) is 0 Å². The Balaban J connectivity index is 1.77. The lowest BCUT2D eigenvalue weighted by molar-refractivity contribution is 0.128. The van der Waals surface area contributed by atoms with Gasteiger partial charge in [-0.3, -0.25) is 0 Å². The van der Waals surface area contributed by atoms with Gasteiger partial charge in [0, 0.05) is 31.7 Å². The fourth-order valence-electron chi connectivity index (χ4n) is 3.76. The van der Waals surface area contributed by atoms with E-state index in [1.165, 1.54) is 32.2 Å². The van der Waals surface area contributed by atoms with Gasteiger partial charge in [0.25, 0.3) is 0 Å². The molecule has 2 amide bonds. The van der Waals surface area contributed by atoms with Gasteiger partial charge in [-0.25, -0.2) is 4.79 Å². The molecule has 0 radical (unpaired) electrons. The van der Waals surface area contributed by atoms with Gasteiger partial charge in [-0.15, -0.1) is 0 Å². The van der Waals surface area contributed by atoms with Gasteiger partial charge in [0.1, 0.15) is 0 Å². The SMILES string of the molecule is CCC1CCCCN1C(=O)NCC1CCCN(C(C)C)C1. The van der Waals surface area contributed by atoms with Crippen molar-refractivity contribution in [1.29, 1.82) is 0 Å². The minimum Gasteiger partial charge on any atom is -0.338 e. The Morgan fingerprint density at radius 2 is 2.00 bits per heavy atom. The lowest BCUT2D eigenvalue weighted by Gasteiger charge is -2.37. The molecule has 2 unspecified atom stereocenters. The van der Waals surface area contributed by atoms with Crippen LogP contribution >= 0.6 is 0 Å². The zero-order valence-corrected chi connectivity index (χ0v) is 14.1. The number of urea groups is 1. The van der Waals surface area contributed by atoms with Crippen molar-refractivity contribution in [3.63, 3.8) is 0 Å². The van der Waals surface area contributed by atoms with Gasteiger partial charge in [-0.2, -0.15) is 0 Å². The van der Waals surface area contributed by atoms with Crippen molar-refractivity contribution in [3.05, 3.63) is 0 Å². The second-order valence-electron chi connectivity index (χ2n) is 7.03. The first-order valence-electron chi connectivity index (χ1n) is 8.90. The van der Waals surface area contributed by atoms with Crippen LogP contribution < -0.4 is 5.32 Å². The Hall–Kier alpha value is -0.770. The van der Waals surface area contributed by atoms with Gasteiger partial charge < -0.3 is 15.1 Å². The number of hydrogen-bond acceptors (Lipinski definition) is 2. The van der Waals surface area contributed by atoms with Crippen molar-refractivity contribution < 1.29 is 4.79 Å². The van der Waals surface area contributed by atoms with Crippen molar-refractivity contribution >= 4 is 6.03 Å². The quantitative estimate of drug-likeness (QED) is 0.865. The third kappa shape index (κ3) is 4.60. The molecule has 0 aromatic heterocycles. The molecule has 4 heteroatoms. The van der Waals surface area contributed by atoms with E-state index in [1.807, 2.05) is 0 Å². The molecule has 2 heterocycles. The molecule has 2 atom stereocenters. The van der Waals surface area contributed by atoms with Crippen LogP contribution in [-0.4, -0.2) is 54.1 Å². The van der Waals surface area contributed by atoms with Crippen LogP contribution in [0, 0.1) is 5.92 Å². The van der Waals surface area contributed by atoms with Crippen molar-refractivity contribution in [2.24, 2.45) is 5.92 Å². The third-order valence-electron chi connectivity index (χ3n) is 5.18. The molecule has 0 spiro atoms. The van der Waals surface area contributed by atoms with Crippen molar-refractivity contribution in [2.45, 2.75) is 71.4 Å². The van der Waals surface area contributed by atoms with Crippen molar-refractivity contribution in [3.8, 4) is 0 Å². The lowest BCUT2D eigenvalue weighted by atomic mass is 9.97. The standard InChI is InChI=1S/C17H33N3O/c1-4-16-9-5-6-11-20(16)17(21)18-12-15-8-7-10-19(13-15)14(2)3/h14-16H,4-13H2,1-3H3,(H,18,21). The summed E-state index contributed by atoms with van der Waals surface area (Å²) in [5.74, 6) is 0.620. The molecule has 2 aliphatic heterocycles. The van der Waals surface area contributed by atoms with E-state index in [0.29, 0.717) is 18.0 Å². The van der Waals surface area contributed by atoms with E-state index >= 15 is 0 Å². The Bertz CT molecular complexity index is 332. The monoisotopic (exact) mass is 295 g/mol. The minimum absolute atomic E-state index is 0.170. The maximum Gasteiger partial charge on any atom is 0.317 e. The Morgan fingerprint density at radius 3 is 2.71 bits per heavy atom. The van der Waals surface area contributed by atoms with E-state index in [9.17, 15) is 4.79 Å². The summed E-state index contributed by atoms with van der Waals surface area (Å²) >= 11 is 0. The van der Waals surface area contributed by atoms with E-state index in [4.69, 9.17) is 0 Å². The van der Waals surface area contributed by atoms with E-state index in [1.54, 1.807) is 0 Å². The van der Waals surface area contributed by atoms with Gasteiger partial charge in [0.05, 0.1) is 0 Å². The number of nitrogens with one attached hydrogen (secondary N) is 1. The lowest BCUT2D eigenvalue weighted by Crippen LogP contribution is -2.50. The summed E-state index contributed by atoms with van der Waals surface area (Å²) in [6.45, 7) is 10.8. The van der Waals surface area contributed by atoms with E-state index in [-0.39, 0.29) is 6.03 Å². The first-order valence-corrected chi connectivity index (χ1v) is 8.90. The molecule has 2 rings (SSSR count). The molecule has 21 heavy (non-hydrogen) atoms. The first kappa shape index (κ1) is 16.6. The summed E-state index contributed by atoms with van der Waals surface area (Å²) in [6, 6.07) is 1.25. The van der Waals surface area contributed by atoms with Gasteiger partial charge in [-0.1, -0.05) is 6.92 Å². The summed E-state index contributed by atoms with van der Waals surface area (Å²) in [6.07, 6.45) is 7.20.